The number of rotatable bonds is 6. The van der Waals surface area contributed by atoms with Gasteiger partial charge >= 0.3 is 0 Å². The number of benzene rings is 2. The van der Waals surface area contributed by atoms with E-state index in [-0.39, 0.29) is 0 Å². The highest BCUT2D eigenvalue weighted by molar-refractivity contribution is 7.18. The molecule has 1 atom stereocenters. The number of aliphatic hydroxyl groups excluding tert-OH is 1. The molecule has 0 saturated carbocycles. The van der Waals surface area contributed by atoms with Crippen molar-refractivity contribution < 1.29 is 9.84 Å². The first-order chi connectivity index (χ1) is 10.8. The van der Waals surface area contributed by atoms with E-state index >= 15 is 0 Å². The van der Waals surface area contributed by atoms with Gasteiger partial charge in [0.1, 0.15) is 16.9 Å². The fourth-order valence-electron chi connectivity index (χ4n) is 2.26. The molecule has 1 N–H and O–H groups in total. The minimum Gasteiger partial charge on any atom is -0.494 e. The highest BCUT2D eigenvalue weighted by Crippen LogP contribution is 2.31. The van der Waals surface area contributed by atoms with Crippen molar-refractivity contribution >= 4 is 21.6 Å². The zero-order valence-electron chi connectivity index (χ0n) is 12.5. The Labute approximate surface area is 134 Å². The second-order valence-electron chi connectivity index (χ2n) is 5.20. The van der Waals surface area contributed by atoms with Crippen molar-refractivity contribution in [2.75, 3.05) is 6.61 Å². The van der Waals surface area contributed by atoms with Gasteiger partial charge in [0.2, 0.25) is 0 Å². The summed E-state index contributed by atoms with van der Waals surface area (Å²) in [5.41, 5.74) is 1.74. The Morgan fingerprint density at radius 2 is 2.05 bits per heavy atom. The van der Waals surface area contributed by atoms with Gasteiger partial charge in [0, 0.05) is 0 Å². The number of nitrogens with zero attached hydrogens (tertiary/aromatic N) is 1. The fourth-order valence-corrected chi connectivity index (χ4v) is 3.24. The van der Waals surface area contributed by atoms with Crippen LogP contribution in [0.4, 0.5) is 0 Å². The summed E-state index contributed by atoms with van der Waals surface area (Å²) in [6.45, 7) is 2.84. The molecular weight excluding hydrogens is 294 g/mol. The van der Waals surface area contributed by atoms with Crippen LogP contribution in [0, 0.1) is 0 Å². The van der Waals surface area contributed by atoms with Crippen molar-refractivity contribution in [3.05, 3.63) is 59.1 Å². The first-order valence-corrected chi connectivity index (χ1v) is 8.36. The second kappa shape index (κ2) is 6.90. The first kappa shape index (κ1) is 15.0. The van der Waals surface area contributed by atoms with Crippen molar-refractivity contribution in [3.63, 3.8) is 0 Å². The minimum atomic E-state index is -0.716. The van der Waals surface area contributed by atoms with Crippen molar-refractivity contribution in [1.29, 1.82) is 0 Å². The van der Waals surface area contributed by atoms with Gasteiger partial charge in [-0.15, -0.1) is 11.3 Å². The van der Waals surface area contributed by atoms with Gasteiger partial charge < -0.3 is 9.84 Å². The van der Waals surface area contributed by atoms with Gasteiger partial charge in [0.05, 0.1) is 16.8 Å². The molecule has 0 aliphatic carbocycles. The molecule has 1 aromatic heterocycles. The van der Waals surface area contributed by atoms with Gasteiger partial charge in [-0.25, -0.2) is 4.98 Å². The lowest BCUT2D eigenvalue weighted by atomic mass is 10.1. The third kappa shape index (κ3) is 3.29. The monoisotopic (exact) mass is 313 g/mol. The van der Waals surface area contributed by atoms with Crippen LogP contribution < -0.4 is 4.74 Å². The Morgan fingerprint density at radius 3 is 2.86 bits per heavy atom. The average Bonchev–Trinajstić information content (AvgIpc) is 2.99. The zero-order chi connectivity index (χ0) is 15.4. The molecule has 0 aliphatic heterocycles. The Morgan fingerprint density at radius 1 is 1.18 bits per heavy atom. The summed E-state index contributed by atoms with van der Waals surface area (Å²) in [7, 11) is 0. The topological polar surface area (TPSA) is 42.4 Å². The van der Waals surface area contributed by atoms with E-state index in [1.807, 2.05) is 48.5 Å². The van der Waals surface area contributed by atoms with Crippen molar-refractivity contribution in [2.24, 2.45) is 0 Å². The quantitative estimate of drug-likeness (QED) is 0.678. The molecule has 0 saturated heterocycles. The molecule has 2 aromatic carbocycles. The minimum absolute atomic E-state index is 0.706. The molecule has 0 bridgehead atoms. The lowest BCUT2D eigenvalue weighted by Gasteiger charge is -2.10. The van der Waals surface area contributed by atoms with Crippen LogP contribution in [0.1, 0.15) is 36.4 Å². The number of para-hydroxylation sites is 1. The summed E-state index contributed by atoms with van der Waals surface area (Å²) in [5.74, 6) is 0.797. The van der Waals surface area contributed by atoms with Crippen LogP contribution in [-0.4, -0.2) is 16.7 Å². The number of thiazole rings is 1. The number of ether oxygens (including phenoxy) is 1. The third-order valence-corrected chi connectivity index (χ3v) is 4.57. The molecule has 0 amide bonds. The van der Waals surface area contributed by atoms with Gasteiger partial charge in [0.15, 0.2) is 0 Å². The van der Waals surface area contributed by atoms with E-state index in [1.165, 1.54) is 11.3 Å². The van der Waals surface area contributed by atoms with Crippen LogP contribution in [0.15, 0.2) is 48.5 Å². The number of aliphatic hydroxyl groups is 1. The third-order valence-electron chi connectivity index (χ3n) is 3.48. The van der Waals surface area contributed by atoms with Crippen molar-refractivity contribution in [3.8, 4) is 5.75 Å². The van der Waals surface area contributed by atoms with E-state index < -0.39 is 6.10 Å². The highest BCUT2D eigenvalue weighted by Gasteiger charge is 2.16. The predicted octanol–water partition coefficient (Wildman–Crippen LogP) is 4.56. The normalized spacial score (nSPS) is 12.5. The lowest BCUT2D eigenvalue weighted by molar-refractivity contribution is 0.219. The Bertz CT molecular complexity index is 720. The largest absolute Gasteiger partial charge is 0.494 e. The molecular formula is C18H19NO2S. The summed E-state index contributed by atoms with van der Waals surface area (Å²) in [6.07, 6.45) is 1.42. The van der Waals surface area contributed by atoms with E-state index in [0.29, 0.717) is 11.6 Å². The van der Waals surface area contributed by atoms with E-state index in [9.17, 15) is 5.11 Å². The molecule has 0 fully saturated rings. The summed E-state index contributed by atoms with van der Waals surface area (Å²) in [4.78, 5) is 4.52. The number of unbranched alkanes of at least 4 members (excludes halogenated alkanes) is 1. The maximum Gasteiger partial charge on any atom is 0.131 e. The Balaban J connectivity index is 1.81. The maximum atomic E-state index is 10.6. The summed E-state index contributed by atoms with van der Waals surface area (Å²) >= 11 is 1.53. The Hall–Kier alpha value is -1.91. The van der Waals surface area contributed by atoms with Gasteiger partial charge in [-0.2, -0.15) is 0 Å². The smallest absolute Gasteiger partial charge is 0.131 e. The molecule has 22 heavy (non-hydrogen) atoms. The van der Waals surface area contributed by atoms with Gasteiger partial charge in [-0.1, -0.05) is 37.6 Å². The second-order valence-corrected chi connectivity index (χ2v) is 6.26. The van der Waals surface area contributed by atoms with Gasteiger partial charge in [-0.05, 0) is 36.2 Å². The van der Waals surface area contributed by atoms with Crippen LogP contribution in [0.2, 0.25) is 0 Å². The number of aromatic nitrogens is 1. The molecule has 0 aliphatic rings. The lowest BCUT2D eigenvalue weighted by Crippen LogP contribution is -2.01. The molecule has 114 valence electrons. The summed E-state index contributed by atoms with van der Waals surface area (Å²) in [6, 6.07) is 15.6. The zero-order valence-corrected chi connectivity index (χ0v) is 13.3. The highest BCUT2D eigenvalue weighted by atomic mass is 32.1. The van der Waals surface area contributed by atoms with E-state index in [1.54, 1.807) is 0 Å². The molecule has 0 spiro atoms. The molecule has 4 heteroatoms. The van der Waals surface area contributed by atoms with Gasteiger partial charge in [0.25, 0.3) is 0 Å². The molecule has 1 heterocycles. The van der Waals surface area contributed by atoms with Crippen LogP contribution in [0.3, 0.4) is 0 Å². The number of hydrogen-bond donors (Lipinski definition) is 1. The van der Waals surface area contributed by atoms with Crippen LogP contribution in [-0.2, 0) is 0 Å². The average molecular weight is 313 g/mol. The van der Waals surface area contributed by atoms with Crippen molar-refractivity contribution in [1.82, 2.24) is 4.98 Å². The Kier molecular flexibility index (Phi) is 4.71. The summed E-state index contributed by atoms with van der Waals surface area (Å²) in [5, 5.41) is 11.3. The van der Waals surface area contributed by atoms with E-state index in [0.717, 1.165) is 34.4 Å². The maximum absolute atomic E-state index is 10.6. The predicted molar refractivity (Wildman–Crippen MR) is 90.5 cm³/mol. The van der Waals surface area contributed by atoms with Crippen molar-refractivity contribution in [2.45, 2.75) is 25.9 Å². The first-order valence-electron chi connectivity index (χ1n) is 7.54. The SMILES string of the molecule is CCCCOc1cccc(C(O)c2nc3ccccc3s2)c1. The fraction of sp³-hybridized carbons (Fsp3) is 0.278. The molecule has 3 nitrogen and oxygen atoms in total. The van der Waals surface area contributed by atoms with Crippen LogP contribution >= 0.6 is 11.3 Å². The number of hydrogen-bond acceptors (Lipinski definition) is 4. The van der Waals surface area contributed by atoms with Gasteiger partial charge in [-0.3, -0.25) is 0 Å². The standard InChI is InChI=1S/C18H19NO2S/c1-2-3-11-21-14-8-6-7-13(12-14)17(20)18-19-15-9-4-5-10-16(15)22-18/h4-10,12,17,20H,2-3,11H2,1H3. The van der Waals surface area contributed by atoms with Crippen LogP contribution in [0.25, 0.3) is 10.2 Å². The molecule has 0 radical (unpaired) electrons. The molecule has 1 unspecified atom stereocenters. The molecule has 3 rings (SSSR count). The van der Waals surface area contributed by atoms with E-state index in [4.69, 9.17) is 4.74 Å². The number of fused-ring (bicyclic) bond motifs is 1. The van der Waals surface area contributed by atoms with E-state index in [2.05, 4.69) is 11.9 Å². The van der Waals surface area contributed by atoms with Crippen LogP contribution in [0.5, 0.6) is 5.75 Å². The molecule has 3 aromatic rings. The summed E-state index contributed by atoms with van der Waals surface area (Å²) < 4.78 is 6.79.